The SMILES string of the molecule is CCC(C)n1ncn(-c2ccc(N3CCN(c4ccc(OCC5COC(Cn6nccn6)(c6ccc(-c7ccccc7)cc6)O5)cc4)CC3)cc2)c1=O. The minimum Gasteiger partial charge on any atom is -0.491 e. The predicted molar refractivity (Wildman–Crippen MR) is 204 cm³/mol. The molecule has 2 aromatic heterocycles. The topological polar surface area (TPSA) is 105 Å². The van der Waals surface area contributed by atoms with E-state index in [1.165, 1.54) is 0 Å². The molecule has 12 nitrogen and oxygen atoms in total. The van der Waals surface area contributed by atoms with E-state index < -0.39 is 5.79 Å². The number of hydrogen-bond acceptors (Lipinski definition) is 9. The molecule has 0 bridgehead atoms. The average molecular weight is 713 g/mol. The highest BCUT2D eigenvalue weighted by Gasteiger charge is 2.44. The van der Waals surface area contributed by atoms with Crippen molar-refractivity contribution in [1.82, 2.24) is 29.3 Å². The van der Waals surface area contributed by atoms with Gasteiger partial charge in [0.2, 0.25) is 5.79 Å². The minimum atomic E-state index is -1.03. The lowest BCUT2D eigenvalue weighted by molar-refractivity contribution is -0.192. The first-order valence-corrected chi connectivity index (χ1v) is 18.3. The fourth-order valence-electron chi connectivity index (χ4n) is 6.99. The second kappa shape index (κ2) is 15.1. The molecule has 6 aromatic rings. The van der Waals surface area contributed by atoms with Gasteiger partial charge in [0.05, 0.1) is 30.7 Å². The number of hydrogen-bond donors (Lipinski definition) is 0. The highest BCUT2D eigenvalue weighted by atomic mass is 16.8. The number of nitrogens with zero attached hydrogens (tertiary/aromatic N) is 8. The van der Waals surface area contributed by atoms with E-state index in [9.17, 15) is 4.79 Å². The van der Waals surface area contributed by atoms with Gasteiger partial charge in [0.1, 0.15) is 31.3 Å². The normalized spacial score (nSPS) is 19.4. The lowest BCUT2D eigenvalue weighted by Crippen LogP contribution is -2.46. The van der Waals surface area contributed by atoms with Gasteiger partial charge < -0.3 is 24.0 Å². The summed E-state index contributed by atoms with van der Waals surface area (Å²) in [6.07, 6.45) is 5.49. The Morgan fingerprint density at radius 2 is 1.38 bits per heavy atom. The first kappa shape index (κ1) is 34.4. The van der Waals surface area contributed by atoms with Crippen LogP contribution in [0.2, 0.25) is 0 Å². The maximum Gasteiger partial charge on any atom is 0.350 e. The largest absolute Gasteiger partial charge is 0.491 e. The summed E-state index contributed by atoms with van der Waals surface area (Å²) in [5.41, 5.74) is 6.19. The Balaban J connectivity index is 0.853. The third-order valence-corrected chi connectivity index (χ3v) is 10.2. The second-order valence-corrected chi connectivity index (χ2v) is 13.6. The van der Waals surface area contributed by atoms with Crippen LogP contribution < -0.4 is 20.2 Å². The third kappa shape index (κ3) is 7.33. The van der Waals surface area contributed by atoms with Crippen LogP contribution in [0.25, 0.3) is 16.8 Å². The average Bonchev–Trinajstić information content (AvgIpc) is 3.99. The maximum atomic E-state index is 12.8. The summed E-state index contributed by atoms with van der Waals surface area (Å²) in [6, 6.07) is 35.1. The lowest BCUT2D eigenvalue weighted by atomic mass is 10.00. The van der Waals surface area contributed by atoms with Crippen molar-refractivity contribution in [3.05, 3.63) is 138 Å². The van der Waals surface area contributed by atoms with Crippen molar-refractivity contribution in [2.75, 3.05) is 49.2 Å². The van der Waals surface area contributed by atoms with Gasteiger partial charge in [0.25, 0.3) is 0 Å². The Labute approximate surface area is 308 Å². The number of ether oxygens (including phenoxy) is 3. The van der Waals surface area contributed by atoms with Crippen LogP contribution in [0.1, 0.15) is 31.9 Å². The van der Waals surface area contributed by atoms with Crippen LogP contribution >= 0.6 is 0 Å². The molecule has 8 rings (SSSR count). The van der Waals surface area contributed by atoms with Gasteiger partial charge in [-0.2, -0.15) is 20.1 Å². The molecule has 2 aliphatic heterocycles. The molecule has 4 heterocycles. The fourth-order valence-corrected chi connectivity index (χ4v) is 6.99. The summed E-state index contributed by atoms with van der Waals surface area (Å²) >= 11 is 0. The molecule has 0 aliphatic carbocycles. The zero-order valence-electron chi connectivity index (χ0n) is 30.1. The molecule has 272 valence electrons. The molecule has 0 radical (unpaired) electrons. The van der Waals surface area contributed by atoms with Crippen LogP contribution in [-0.2, 0) is 21.8 Å². The van der Waals surface area contributed by atoms with Gasteiger partial charge in [0.15, 0.2) is 0 Å². The Morgan fingerprint density at radius 3 is 2.02 bits per heavy atom. The van der Waals surface area contributed by atoms with Crippen molar-refractivity contribution < 1.29 is 14.2 Å². The third-order valence-electron chi connectivity index (χ3n) is 10.2. The molecule has 2 saturated heterocycles. The summed E-state index contributed by atoms with van der Waals surface area (Å²) in [5, 5.41) is 12.9. The first-order chi connectivity index (χ1) is 26.0. The predicted octanol–water partition coefficient (Wildman–Crippen LogP) is 5.94. The number of aromatic nitrogens is 6. The molecule has 4 aromatic carbocycles. The molecule has 3 unspecified atom stereocenters. The molecule has 53 heavy (non-hydrogen) atoms. The van der Waals surface area contributed by atoms with Gasteiger partial charge in [-0.15, -0.1) is 0 Å². The summed E-state index contributed by atoms with van der Waals surface area (Å²) in [4.78, 5) is 19.2. The number of rotatable bonds is 12. The molecule has 12 heteroatoms. The monoisotopic (exact) mass is 712 g/mol. The Morgan fingerprint density at radius 1 is 0.774 bits per heavy atom. The highest BCUT2D eigenvalue weighted by molar-refractivity contribution is 5.63. The van der Waals surface area contributed by atoms with E-state index in [0.717, 1.165) is 72.1 Å². The molecule has 0 spiro atoms. The highest BCUT2D eigenvalue weighted by Crippen LogP contribution is 2.37. The zero-order valence-corrected chi connectivity index (χ0v) is 30.1. The van der Waals surface area contributed by atoms with Crippen LogP contribution in [0.15, 0.2) is 127 Å². The van der Waals surface area contributed by atoms with Crippen molar-refractivity contribution in [2.45, 2.75) is 44.7 Å². The number of piperazine rings is 1. The molecule has 0 saturated carbocycles. The quantitative estimate of drug-likeness (QED) is 0.153. The molecule has 2 aliphatic rings. The molecule has 0 N–H and O–H groups in total. The van der Waals surface area contributed by atoms with E-state index in [0.29, 0.717) is 19.8 Å². The van der Waals surface area contributed by atoms with Crippen LogP contribution in [0, 0.1) is 0 Å². The summed E-state index contributed by atoms with van der Waals surface area (Å²) in [5.74, 6) is -0.254. The van der Waals surface area contributed by atoms with Gasteiger partial charge >= 0.3 is 5.69 Å². The van der Waals surface area contributed by atoms with E-state index in [2.05, 4.69) is 92.7 Å². The maximum absolute atomic E-state index is 12.8. The first-order valence-electron chi connectivity index (χ1n) is 18.3. The van der Waals surface area contributed by atoms with Gasteiger partial charge in [-0.3, -0.25) is 0 Å². The van der Waals surface area contributed by atoms with Crippen LogP contribution in [-0.4, -0.2) is 74.8 Å². The van der Waals surface area contributed by atoms with E-state index in [1.807, 2.05) is 49.4 Å². The number of benzene rings is 4. The van der Waals surface area contributed by atoms with Crippen LogP contribution in [0.4, 0.5) is 11.4 Å². The van der Waals surface area contributed by atoms with Gasteiger partial charge in [0, 0.05) is 43.1 Å². The van der Waals surface area contributed by atoms with Crippen molar-refractivity contribution in [3.63, 3.8) is 0 Å². The molecule has 3 atom stereocenters. The fraction of sp³-hybridized carbons (Fsp3) is 0.317. The number of anilines is 2. The van der Waals surface area contributed by atoms with E-state index in [1.54, 1.807) is 32.8 Å². The van der Waals surface area contributed by atoms with Gasteiger partial charge in [-0.1, -0.05) is 61.5 Å². The Bertz CT molecular complexity index is 2130. The van der Waals surface area contributed by atoms with Gasteiger partial charge in [-0.25, -0.2) is 14.0 Å². The van der Waals surface area contributed by atoms with E-state index >= 15 is 0 Å². The summed E-state index contributed by atoms with van der Waals surface area (Å²) in [6.45, 7) is 8.70. The second-order valence-electron chi connectivity index (χ2n) is 13.6. The molecule has 0 amide bonds. The van der Waals surface area contributed by atoms with Crippen molar-refractivity contribution >= 4 is 11.4 Å². The Kier molecular flexibility index (Phi) is 9.79. The van der Waals surface area contributed by atoms with Gasteiger partial charge in [-0.05, 0) is 73.0 Å². The standard InChI is InChI=1S/C41H44N8O4/c1-3-31(2)49-40(50)47(30-44-49)37-15-13-35(14-16-37)45-23-25-46(26-24-45)36-17-19-38(20-18-36)51-27-39-28-52-41(53-39,29-48-42-21-22-43-48)34-11-9-33(10-12-34)32-7-5-4-6-8-32/h4-22,30-31,39H,3,23-29H2,1-2H3. The molecular formula is C41H44N8O4. The summed E-state index contributed by atoms with van der Waals surface area (Å²) < 4.78 is 22.4. The lowest BCUT2D eigenvalue weighted by Gasteiger charge is -2.37. The Hall–Kier alpha value is -5.72. The smallest absolute Gasteiger partial charge is 0.350 e. The van der Waals surface area contributed by atoms with E-state index in [4.69, 9.17) is 14.2 Å². The van der Waals surface area contributed by atoms with E-state index in [-0.39, 0.29) is 17.8 Å². The molecular weight excluding hydrogens is 669 g/mol. The van der Waals surface area contributed by atoms with Crippen LogP contribution in [0.3, 0.4) is 0 Å². The van der Waals surface area contributed by atoms with Crippen molar-refractivity contribution in [1.29, 1.82) is 0 Å². The minimum absolute atomic E-state index is 0.0678. The molecule has 2 fully saturated rings. The zero-order chi connectivity index (χ0) is 36.2. The summed E-state index contributed by atoms with van der Waals surface area (Å²) in [7, 11) is 0. The van der Waals surface area contributed by atoms with Crippen LogP contribution in [0.5, 0.6) is 5.75 Å². The van der Waals surface area contributed by atoms with Crippen molar-refractivity contribution in [2.24, 2.45) is 0 Å². The van der Waals surface area contributed by atoms with Crippen molar-refractivity contribution in [3.8, 4) is 22.6 Å².